The van der Waals surface area contributed by atoms with E-state index in [1.54, 1.807) is 0 Å². The van der Waals surface area contributed by atoms with Crippen LogP contribution in [0, 0.1) is 0 Å². The Bertz CT molecular complexity index is 380. The summed E-state index contributed by atoms with van der Waals surface area (Å²) in [6, 6.07) is 8.69. The fraction of sp³-hybridized carbons (Fsp3) is 0.625. The molecule has 0 amide bonds. The van der Waals surface area contributed by atoms with E-state index < -0.39 is 0 Å². The lowest BCUT2D eigenvalue weighted by Crippen LogP contribution is -2.28. The van der Waals surface area contributed by atoms with Gasteiger partial charge in [-0.15, -0.1) is 0 Å². The number of nitrogens with one attached hydrogen (secondary N) is 1. The van der Waals surface area contributed by atoms with Crippen LogP contribution in [0.3, 0.4) is 0 Å². The summed E-state index contributed by atoms with van der Waals surface area (Å²) in [5, 5.41) is 3.52. The summed E-state index contributed by atoms with van der Waals surface area (Å²) in [6.07, 6.45) is 3.97. The predicted molar refractivity (Wildman–Crippen MR) is 76.3 cm³/mol. The van der Waals surface area contributed by atoms with Crippen molar-refractivity contribution in [3.8, 4) is 5.75 Å². The van der Waals surface area contributed by atoms with E-state index in [-0.39, 0.29) is 6.10 Å². The van der Waals surface area contributed by atoms with Crippen LogP contribution in [-0.4, -0.2) is 19.2 Å². The highest BCUT2D eigenvalue weighted by atomic mass is 16.5. The van der Waals surface area contributed by atoms with Crippen molar-refractivity contribution in [1.29, 1.82) is 0 Å². The Morgan fingerprint density at radius 2 is 2.22 bits per heavy atom. The van der Waals surface area contributed by atoms with Crippen LogP contribution in [0.15, 0.2) is 24.3 Å². The molecule has 0 spiro atoms. The molecule has 1 N–H and O–H groups in total. The van der Waals surface area contributed by atoms with Crippen molar-refractivity contribution in [3.05, 3.63) is 29.8 Å². The molecular weight excluding hydrogens is 222 g/mol. The lowest BCUT2D eigenvalue weighted by Gasteiger charge is -2.29. The van der Waals surface area contributed by atoms with E-state index in [0.29, 0.717) is 5.41 Å². The quantitative estimate of drug-likeness (QED) is 0.859. The molecule has 0 aromatic heterocycles. The van der Waals surface area contributed by atoms with Gasteiger partial charge in [-0.1, -0.05) is 25.5 Å². The SMILES string of the molecule is CCCC1(c2cccc(OC(C)C)c2)CCNC1. The van der Waals surface area contributed by atoms with Crippen LogP contribution in [0.5, 0.6) is 5.75 Å². The molecular formula is C16H25NO. The van der Waals surface area contributed by atoms with Crippen molar-refractivity contribution in [3.63, 3.8) is 0 Å². The van der Waals surface area contributed by atoms with Crippen LogP contribution in [0.2, 0.25) is 0 Å². The van der Waals surface area contributed by atoms with Crippen molar-refractivity contribution in [2.45, 2.75) is 51.6 Å². The lowest BCUT2D eigenvalue weighted by molar-refractivity contribution is 0.241. The Balaban J connectivity index is 2.25. The average molecular weight is 247 g/mol. The number of benzene rings is 1. The van der Waals surface area contributed by atoms with E-state index in [1.807, 2.05) is 0 Å². The third kappa shape index (κ3) is 2.86. The lowest BCUT2D eigenvalue weighted by atomic mass is 9.76. The molecule has 0 saturated carbocycles. The molecule has 18 heavy (non-hydrogen) atoms. The highest BCUT2D eigenvalue weighted by Gasteiger charge is 2.34. The fourth-order valence-electron chi connectivity index (χ4n) is 3.00. The third-order valence-electron chi connectivity index (χ3n) is 3.79. The van der Waals surface area contributed by atoms with Gasteiger partial charge in [-0.05, 0) is 50.9 Å². The second kappa shape index (κ2) is 5.75. The standard InChI is InChI=1S/C16H25NO/c1-4-8-16(9-10-17-12-16)14-6-5-7-15(11-14)18-13(2)3/h5-7,11,13,17H,4,8-10,12H2,1-3H3. The van der Waals surface area contributed by atoms with E-state index in [2.05, 4.69) is 50.4 Å². The summed E-state index contributed by atoms with van der Waals surface area (Å²) < 4.78 is 5.82. The maximum atomic E-state index is 5.82. The minimum absolute atomic E-state index is 0.240. The average Bonchev–Trinajstić information content (AvgIpc) is 2.79. The first-order valence-electron chi connectivity index (χ1n) is 7.14. The van der Waals surface area contributed by atoms with Crippen molar-refractivity contribution in [2.75, 3.05) is 13.1 Å². The number of ether oxygens (including phenoxy) is 1. The highest BCUT2D eigenvalue weighted by Crippen LogP contribution is 2.36. The molecule has 1 aromatic rings. The molecule has 1 atom stereocenters. The van der Waals surface area contributed by atoms with Gasteiger partial charge in [0.2, 0.25) is 0 Å². The Hall–Kier alpha value is -1.02. The zero-order chi connectivity index (χ0) is 13.0. The molecule has 1 aromatic carbocycles. The van der Waals surface area contributed by atoms with Gasteiger partial charge in [0.25, 0.3) is 0 Å². The predicted octanol–water partition coefficient (Wildman–Crippen LogP) is 3.51. The molecule has 1 fully saturated rings. The van der Waals surface area contributed by atoms with Crippen LogP contribution in [0.1, 0.15) is 45.6 Å². The number of hydrogen-bond donors (Lipinski definition) is 1. The monoisotopic (exact) mass is 247 g/mol. The zero-order valence-corrected chi connectivity index (χ0v) is 11.8. The van der Waals surface area contributed by atoms with Gasteiger partial charge >= 0.3 is 0 Å². The Kier molecular flexibility index (Phi) is 4.28. The van der Waals surface area contributed by atoms with Crippen LogP contribution >= 0.6 is 0 Å². The number of hydrogen-bond acceptors (Lipinski definition) is 2. The maximum absolute atomic E-state index is 5.82. The first kappa shape index (κ1) is 13.4. The van der Waals surface area contributed by atoms with Crippen molar-refractivity contribution < 1.29 is 4.74 Å². The summed E-state index contributed by atoms with van der Waals surface area (Å²) in [6.45, 7) is 8.66. The van der Waals surface area contributed by atoms with E-state index >= 15 is 0 Å². The van der Waals surface area contributed by atoms with Crippen LogP contribution in [0.4, 0.5) is 0 Å². The maximum Gasteiger partial charge on any atom is 0.119 e. The van der Waals surface area contributed by atoms with E-state index in [9.17, 15) is 0 Å². The summed E-state index contributed by atoms with van der Waals surface area (Å²) in [5.74, 6) is 1.00. The van der Waals surface area contributed by atoms with Crippen molar-refractivity contribution in [1.82, 2.24) is 5.32 Å². The third-order valence-corrected chi connectivity index (χ3v) is 3.79. The van der Waals surface area contributed by atoms with Gasteiger partial charge in [-0.2, -0.15) is 0 Å². The van der Waals surface area contributed by atoms with Gasteiger partial charge in [0, 0.05) is 12.0 Å². The Morgan fingerprint density at radius 1 is 1.39 bits per heavy atom. The number of rotatable bonds is 5. The highest BCUT2D eigenvalue weighted by molar-refractivity contribution is 5.35. The molecule has 100 valence electrons. The summed E-state index contributed by atoms with van der Waals surface area (Å²) >= 11 is 0. The summed E-state index contributed by atoms with van der Waals surface area (Å²) in [7, 11) is 0. The molecule has 1 unspecified atom stereocenters. The summed E-state index contributed by atoms with van der Waals surface area (Å²) in [4.78, 5) is 0. The van der Waals surface area contributed by atoms with Crippen LogP contribution in [0.25, 0.3) is 0 Å². The Labute approximate surface area is 111 Å². The minimum atomic E-state index is 0.240. The second-order valence-electron chi connectivity index (χ2n) is 5.65. The molecule has 1 aliphatic rings. The fourth-order valence-corrected chi connectivity index (χ4v) is 3.00. The normalized spacial score (nSPS) is 23.6. The van der Waals surface area contributed by atoms with Gasteiger partial charge in [0.15, 0.2) is 0 Å². The van der Waals surface area contributed by atoms with Crippen LogP contribution in [-0.2, 0) is 5.41 Å². The molecule has 0 radical (unpaired) electrons. The summed E-state index contributed by atoms with van der Waals surface area (Å²) in [5.41, 5.74) is 1.76. The zero-order valence-electron chi connectivity index (χ0n) is 11.8. The van der Waals surface area contributed by atoms with Crippen LogP contribution < -0.4 is 10.1 Å². The van der Waals surface area contributed by atoms with E-state index in [4.69, 9.17) is 4.74 Å². The smallest absolute Gasteiger partial charge is 0.119 e. The molecule has 1 aliphatic heterocycles. The van der Waals surface area contributed by atoms with Gasteiger partial charge in [-0.3, -0.25) is 0 Å². The van der Waals surface area contributed by atoms with Gasteiger partial charge in [0.05, 0.1) is 6.10 Å². The molecule has 1 saturated heterocycles. The molecule has 0 bridgehead atoms. The molecule has 1 heterocycles. The van der Waals surface area contributed by atoms with E-state index in [0.717, 1.165) is 18.8 Å². The van der Waals surface area contributed by atoms with Gasteiger partial charge < -0.3 is 10.1 Å². The first-order chi connectivity index (χ1) is 8.66. The van der Waals surface area contributed by atoms with Gasteiger partial charge in [-0.25, -0.2) is 0 Å². The second-order valence-corrected chi connectivity index (χ2v) is 5.65. The van der Waals surface area contributed by atoms with Gasteiger partial charge in [0.1, 0.15) is 5.75 Å². The topological polar surface area (TPSA) is 21.3 Å². The van der Waals surface area contributed by atoms with Crippen molar-refractivity contribution in [2.24, 2.45) is 0 Å². The molecule has 0 aliphatic carbocycles. The Morgan fingerprint density at radius 3 is 2.83 bits per heavy atom. The minimum Gasteiger partial charge on any atom is -0.491 e. The molecule has 2 nitrogen and oxygen atoms in total. The van der Waals surface area contributed by atoms with Crippen molar-refractivity contribution >= 4 is 0 Å². The largest absolute Gasteiger partial charge is 0.491 e. The first-order valence-corrected chi connectivity index (χ1v) is 7.14. The van der Waals surface area contributed by atoms with E-state index in [1.165, 1.54) is 24.8 Å². The molecule has 2 rings (SSSR count). The molecule has 2 heteroatoms.